The highest BCUT2D eigenvalue weighted by molar-refractivity contribution is 6.08. The van der Waals surface area contributed by atoms with Gasteiger partial charge in [0, 0.05) is 12.5 Å². The van der Waals surface area contributed by atoms with Gasteiger partial charge in [-0.15, -0.1) is 0 Å². The fourth-order valence-electron chi connectivity index (χ4n) is 3.53. The van der Waals surface area contributed by atoms with Crippen molar-refractivity contribution in [3.8, 4) is 17.2 Å². The smallest absolute Gasteiger partial charge is 0.440 e. The average molecular weight is 495 g/mol. The first-order valence-electron chi connectivity index (χ1n) is 10.4. The van der Waals surface area contributed by atoms with Gasteiger partial charge in [-0.05, 0) is 41.8 Å². The average Bonchev–Trinajstić information content (AvgIpc) is 3.07. The molecule has 1 saturated heterocycles. The van der Waals surface area contributed by atoms with Crippen molar-refractivity contribution in [2.24, 2.45) is 0 Å². The molecule has 0 radical (unpaired) electrons. The van der Waals surface area contributed by atoms with Crippen LogP contribution in [0.25, 0.3) is 0 Å². The number of amides is 4. The van der Waals surface area contributed by atoms with E-state index in [1.165, 1.54) is 39.5 Å². The van der Waals surface area contributed by atoms with Crippen LogP contribution in [0.4, 0.5) is 18.0 Å². The Labute approximate surface area is 199 Å². The number of ether oxygens (including phenoxy) is 3. The SMILES string of the molecule is COc1ccc(CCC(=O)NC2(C(F)(F)F)NC(=O)N(Cc3cc(OC)cc(OC)c3)C2=O)cc1. The molecule has 1 aliphatic heterocycles. The lowest BCUT2D eigenvalue weighted by Crippen LogP contribution is -2.69. The molecule has 2 N–H and O–H groups in total. The monoisotopic (exact) mass is 495 g/mol. The number of rotatable bonds is 9. The van der Waals surface area contributed by atoms with Crippen molar-refractivity contribution in [3.05, 3.63) is 53.6 Å². The molecule has 0 aliphatic carbocycles. The first-order chi connectivity index (χ1) is 16.5. The van der Waals surface area contributed by atoms with Gasteiger partial charge >= 0.3 is 12.2 Å². The van der Waals surface area contributed by atoms with Crippen molar-refractivity contribution < 1.29 is 41.8 Å². The molecule has 1 aliphatic rings. The third-order valence-corrected chi connectivity index (χ3v) is 5.41. The van der Waals surface area contributed by atoms with Crippen LogP contribution >= 0.6 is 0 Å². The van der Waals surface area contributed by atoms with Crippen LogP contribution in [0.15, 0.2) is 42.5 Å². The number of urea groups is 1. The Bertz CT molecular complexity index is 1080. The van der Waals surface area contributed by atoms with E-state index in [-0.39, 0.29) is 18.4 Å². The van der Waals surface area contributed by atoms with Gasteiger partial charge in [0.25, 0.3) is 11.6 Å². The summed E-state index contributed by atoms with van der Waals surface area (Å²) >= 11 is 0. The molecule has 2 aromatic rings. The van der Waals surface area contributed by atoms with Crippen molar-refractivity contribution in [1.29, 1.82) is 0 Å². The molecule has 4 amide bonds. The molecule has 1 atom stereocenters. The van der Waals surface area contributed by atoms with Crippen LogP contribution in [0.1, 0.15) is 17.5 Å². The Hall–Kier alpha value is -3.96. The highest BCUT2D eigenvalue weighted by Crippen LogP contribution is 2.35. The number of aryl methyl sites for hydroxylation is 1. The second-order valence-electron chi connectivity index (χ2n) is 7.69. The van der Waals surface area contributed by atoms with E-state index < -0.39 is 36.2 Å². The van der Waals surface area contributed by atoms with E-state index in [2.05, 4.69) is 0 Å². The first-order valence-corrected chi connectivity index (χ1v) is 10.4. The molecular formula is C23H24F3N3O6. The number of alkyl halides is 3. The Kier molecular flexibility index (Phi) is 7.42. The van der Waals surface area contributed by atoms with Gasteiger partial charge in [-0.3, -0.25) is 19.8 Å². The van der Waals surface area contributed by atoms with Crippen LogP contribution in [0.5, 0.6) is 17.2 Å². The Morgan fingerprint density at radius 1 is 0.943 bits per heavy atom. The summed E-state index contributed by atoms with van der Waals surface area (Å²) in [5.41, 5.74) is -2.62. The molecule has 0 aromatic heterocycles. The highest BCUT2D eigenvalue weighted by atomic mass is 19.4. The minimum atomic E-state index is -5.30. The molecule has 188 valence electrons. The lowest BCUT2D eigenvalue weighted by Gasteiger charge is -2.30. The van der Waals surface area contributed by atoms with Crippen molar-refractivity contribution in [2.45, 2.75) is 31.2 Å². The first kappa shape index (κ1) is 25.7. The fraction of sp³-hybridized carbons (Fsp3) is 0.348. The molecule has 1 unspecified atom stereocenters. The normalized spacial score (nSPS) is 17.7. The number of imide groups is 1. The molecule has 0 bridgehead atoms. The Balaban J connectivity index is 1.78. The highest BCUT2D eigenvalue weighted by Gasteiger charge is 2.68. The quantitative estimate of drug-likeness (QED) is 0.519. The number of halogens is 3. The van der Waals surface area contributed by atoms with Crippen LogP contribution in [-0.4, -0.2) is 55.9 Å². The summed E-state index contributed by atoms with van der Waals surface area (Å²) < 4.78 is 57.5. The van der Waals surface area contributed by atoms with Crippen molar-refractivity contribution >= 4 is 17.8 Å². The summed E-state index contributed by atoms with van der Waals surface area (Å²) in [6.07, 6.45) is -5.53. The summed E-state index contributed by atoms with van der Waals surface area (Å²) in [7, 11) is 4.24. The van der Waals surface area contributed by atoms with Crippen molar-refractivity contribution in [3.63, 3.8) is 0 Å². The van der Waals surface area contributed by atoms with Crippen LogP contribution in [0, 0.1) is 0 Å². The number of hydrogen-bond donors (Lipinski definition) is 2. The van der Waals surface area contributed by atoms with Gasteiger partial charge in [-0.1, -0.05) is 12.1 Å². The zero-order valence-electron chi connectivity index (χ0n) is 19.2. The summed E-state index contributed by atoms with van der Waals surface area (Å²) in [5, 5.41) is 3.34. The number of methoxy groups -OCH3 is 3. The summed E-state index contributed by atoms with van der Waals surface area (Å²) in [5.74, 6) is -1.48. The Morgan fingerprint density at radius 2 is 1.51 bits per heavy atom. The largest absolute Gasteiger partial charge is 0.497 e. The molecule has 1 heterocycles. The molecular weight excluding hydrogens is 471 g/mol. The van der Waals surface area contributed by atoms with Gasteiger partial charge in [0.15, 0.2) is 0 Å². The molecule has 12 heteroatoms. The number of benzene rings is 2. The van der Waals surface area contributed by atoms with Gasteiger partial charge in [-0.25, -0.2) is 4.79 Å². The lowest BCUT2D eigenvalue weighted by molar-refractivity contribution is -0.204. The maximum Gasteiger partial charge on any atom is 0.440 e. The number of nitrogens with one attached hydrogen (secondary N) is 2. The topological polar surface area (TPSA) is 106 Å². The third-order valence-electron chi connectivity index (χ3n) is 5.41. The third kappa shape index (κ3) is 5.42. The van der Waals surface area contributed by atoms with Gasteiger partial charge in [0.05, 0.1) is 27.9 Å². The predicted molar refractivity (Wildman–Crippen MR) is 117 cm³/mol. The zero-order valence-corrected chi connectivity index (χ0v) is 19.2. The summed E-state index contributed by atoms with van der Waals surface area (Å²) in [6.45, 7) is -0.502. The minimum absolute atomic E-state index is 0.110. The zero-order chi connectivity index (χ0) is 25.8. The van der Waals surface area contributed by atoms with E-state index >= 15 is 0 Å². The van der Waals surface area contributed by atoms with Gasteiger partial charge in [-0.2, -0.15) is 13.2 Å². The molecule has 3 rings (SSSR count). The molecule has 0 spiro atoms. The number of hydrogen-bond acceptors (Lipinski definition) is 6. The minimum Gasteiger partial charge on any atom is -0.497 e. The molecule has 1 fully saturated rings. The van der Waals surface area contributed by atoms with Crippen LogP contribution in [0.2, 0.25) is 0 Å². The van der Waals surface area contributed by atoms with Crippen molar-refractivity contribution in [1.82, 2.24) is 15.5 Å². The van der Waals surface area contributed by atoms with Gasteiger partial charge < -0.3 is 19.5 Å². The van der Waals surface area contributed by atoms with Crippen molar-refractivity contribution in [2.75, 3.05) is 21.3 Å². The van der Waals surface area contributed by atoms with Gasteiger partial charge in [0.2, 0.25) is 5.91 Å². The number of carbonyl (C=O) groups is 3. The van der Waals surface area contributed by atoms with Crippen LogP contribution in [-0.2, 0) is 22.6 Å². The number of carbonyl (C=O) groups excluding carboxylic acids is 3. The van der Waals surface area contributed by atoms with E-state index in [9.17, 15) is 27.6 Å². The Morgan fingerprint density at radius 3 is 2.03 bits per heavy atom. The van der Waals surface area contributed by atoms with E-state index in [0.717, 1.165) is 0 Å². The van der Waals surface area contributed by atoms with Crippen LogP contribution in [0.3, 0.4) is 0 Å². The molecule has 2 aromatic carbocycles. The molecule has 9 nitrogen and oxygen atoms in total. The van der Waals surface area contributed by atoms with Gasteiger partial charge in [0.1, 0.15) is 17.2 Å². The molecule has 35 heavy (non-hydrogen) atoms. The second kappa shape index (κ2) is 10.1. The van der Waals surface area contributed by atoms with E-state index in [4.69, 9.17) is 14.2 Å². The number of nitrogens with zero attached hydrogens (tertiary/aromatic N) is 1. The lowest BCUT2D eigenvalue weighted by atomic mass is 10.1. The van der Waals surface area contributed by atoms with E-state index in [0.29, 0.717) is 27.7 Å². The predicted octanol–water partition coefficient (Wildman–Crippen LogP) is 2.77. The second-order valence-corrected chi connectivity index (χ2v) is 7.69. The standard InChI is InChI=1S/C23H24F3N3O6/c1-33-16-7-4-14(5-8-16)6-9-19(30)27-22(23(24,25)26)20(31)29(21(32)28-22)13-15-10-17(34-2)12-18(11-15)35-3/h4-5,7-8,10-12H,6,9,13H2,1-3H3,(H,27,30)(H,28,32). The summed E-state index contributed by atoms with van der Waals surface area (Å²) in [6, 6.07) is 9.75. The fourth-order valence-corrected chi connectivity index (χ4v) is 3.53. The molecule has 0 saturated carbocycles. The summed E-state index contributed by atoms with van der Waals surface area (Å²) in [4.78, 5) is 38.2. The maximum atomic E-state index is 14.1. The maximum absolute atomic E-state index is 14.1. The van der Waals surface area contributed by atoms with Crippen LogP contribution < -0.4 is 24.8 Å². The van der Waals surface area contributed by atoms with E-state index in [1.807, 2.05) is 0 Å². The van der Waals surface area contributed by atoms with E-state index in [1.54, 1.807) is 34.9 Å².